The van der Waals surface area contributed by atoms with Crippen molar-refractivity contribution < 1.29 is 4.79 Å². The minimum Gasteiger partial charge on any atom is -0.267 e. The number of hydrogen-bond acceptors (Lipinski definition) is 4. The Kier molecular flexibility index (Phi) is 4.93. The van der Waals surface area contributed by atoms with Gasteiger partial charge in [-0.25, -0.2) is 9.66 Å². The smallest absolute Gasteiger partial charge is 0.267 e. The van der Waals surface area contributed by atoms with Gasteiger partial charge in [0.25, 0.3) is 11.5 Å². The molecule has 2 heterocycles. The van der Waals surface area contributed by atoms with Crippen LogP contribution in [-0.4, -0.2) is 15.6 Å². The molecule has 1 N–H and O–H groups in total. The van der Waals surface area contributed by atoms with E-state index >= 15 is 0 Å². The maximum Gasteiger partial charge on any atom is 0.281 e. The van der Waals surface area contributed by atoms with Crippen molar-refractivity contribution in [2.75, 3.05) is 5.43 Å². The van der Waals surface area contributed by atoms with Crippen LogP contribution in [0.5, 0.6) is 0 Å². The molecule has 0 saturated heterocycles. The van der Waals surface area contributed by atoms with E-state index in [-0.39, 0.29) is 21.2 Å². The lowest BCUT2D eigenvalue weighted by Crippen LogP contribution is -2.33. The van der Waals surface area contributed by atoms with Gasteiger partial charge < -0.3 is 0 Å². The predicted octanol–water partition coefficient (Wildman–Crippen LogP) is 5.12. The number of nitrogens with one attached hydrogen (secondary N) is 1. The number of nitrogens with zero attached hydrogens (tertiary/aromatic N) is 2. The molecule has 0 unspecified atom stereocenters. The second-order valence-corrected chi connectivity index (χ2v) is 8.03. The van der Waals surface area contributed by atoms with E-state index in [4.69, 9.17) is 23.2 Å². The molecule has 0 aliphatic carbocycles. The first-order valence-electron chi connectivity index (χ1n) is 8.29. The van der Waals surface area contributed by atoms with Crippen molar-refractivity contribution in [3.05, 3.63) is 85.7 Å². The maximum atomic E-state index is 13.1. The molecule has 0 bridgehead atoms. The number of benzene rings is 2. The van der Waals surface area contributed by atoms with E-state index in [2.05, 4.69) is 10.4 Å². The van der Waals surface area contributed by atoms with Crippen LogP contribution in [0.3, 0.4) is 0 Å². The summed E-state index contributed by atoms with van der Waals surface area (Å²) in [6, 6.07) is 14.4. The Morgan fingerprint density at radius 2 is 1.86 bits per heavy atom. The molecule has 0 spiro atoms. The van der Waals surface area contributed by atoms with Gasteiger partial charge in [-0.2, -0.15) is 0 Å². The molecule has 0 fully saturated rings. The third kappa shape index (κ3) is 3.20. The van der Waals surface area contributed by atoms with Gasteiger partial charge in [-0.15, -0.1) is 11.3 Å². The van der Waals surface area contributed by atoms with Crippen LogP contribution in [0.2, 0.25) is 10.0 Å². The Labute approximate surface area is 174 Å². The third-order valence-corrected chi connectivity index (χ3v) is 6.10. The molecule has 2 aromatic carbocycles. The van der Waals surface area contributed by atoms with Crippen molar-refractivity contribution in [1.82, 2.24) is 9.66 Å². The highest BCUT2D eigenvalue weighted by Gasteiger charge is 2.19. The minimum atomic E-state index is -0.552. The van der Waals surface area contributed by atoms with Crippen molar-refractivity contribution in [2.45, 2.75) is 6.92 Å². The second kappa shape index (κ2) is 7.39. The zero-order valence-corrected chi connectivity index (χ0v) is 16.9. The number of fused-ring (bicyclic) bond motifs is 1. The molecule has 0 aliphatic heterocycles. The molecule has 0 atom stereocenters. The first-order valence-corrected chi connectivity index (χ1v) is 9.86. The molecule has 0 radical (unpaired) electrons. The highest BCUT2D eigenvalue weighted by molar-refractivity contribution is 7.19. The Morgan fingerprint density at radius 1 is 1.11 bits per heavy atom. The van der Waals surface area contributed by atoms with E-state index in [0.717, 1.165) is 20.7 Å². The van der Waals surface area contributed by atoms with Crippen LogP contribution < -0.4 is 11.0 Å². The van der Waals surface area contributed by atoms with Crippen LogP contribution in [0.25, 0.3) is 21.3 Å². The molecule has 1 amide bonds. The third-order valence-electron chi connectivity index (χ3n) is 4.27. The average Bonchev–Trinajstić information content (AvgIpc) is 3.03. The number of carbonyl (C=O) groups excluding carboxylic acids is 1. The number of hydrogen-bond donors (Lipinski definition) is 1. The molecule has 4 aromatic rings. The first kappa shape index (κ1) is 18.7. The quantitative estimate of drug-likeness (QED) is 0.491. The molecular weight excluding hydrogens is 417 g/mol. The van der Waals surface area contributed by atoms with Crippen LogP contribution in [0.15, 0.2) is 59.7 Å². The zero-order valence-electron chi connectivity index (χ0n) is 14.6. The highest BCUT2D eigenvalue weighted by atomic mass is 35.5. The van der Waals surface area contributed by atoms with E-state index in [9.17, 15) is 9.59 Å². The fraction of sp³-hybridized carbons (Fsp3) is 0.0500. The van der Waals surface area contributed by atoms with Gasteiger partial charge in [0.2, 0.25) is 0 Å². The summed E-state index contributed by atoms with van der Waals surface area (Å²) in [4.78, 5) is 31.6. The molecule has 4 rings (SSSR count). The fourth-order valence-corrected chi connectivity index (χ4v) is 4.37. The molecule has 2 aromatic heterocycles. The number of carbonyl (C=O) groups is 1. The van der Waals surface area contributed by atoms with Gasteiger partial charge in [-0.1, -0.05) is 59.6 Å². The largest absolute Gasteiger partial charge is 0.281 e. The van der Waals surface area contributed by atoms with E-state index in [1.807, 2.05) is 37.3 Å². The van der Waals surface area contributed by atoms with Gasteiger partial charge in [-0.3, -0.25) is 15.0 Å². The molecule has 8 heteroatoms. The van der Waals surface area contributed by atoms with Crippen LogP contribution in [0, 0.1) is 6.92 Å². The van der Waals surface area contributed by atoms with E-state index in [1.165, 1.54) is 23.7 Å². The highest BCUT2D eigenvalue weighted by Crippen LogP contribution is 2.35. The molecular formula is C20H13Cl2N3O2S. The van der Waals surface area contributed by atoms with Crippen molar-refractivity contribution in [1.29, 1.82) is 0 Å². The monoisotopic (exact) mass is 429 g/mol. The van der Waals surface area contributed by atoms with Gasteiger partial charge >= 0.3 is 0 Å². The van der Waals surface area contributed by atoms with Crippen LogP contribution in [0.4, 0.5) is 0 Å². The molecule has 0 saturated carbocycles. The van der Waals surface area contributed by atoms with Crippen molar-refractivity contribution in [3.8, 4) is 11.1 Å². The predicted molar refractivity (Wildman–Crippen MR) is 114 cm³/mol. The topological polar surface area (TPSA) is 64.0 Å². The maximum absolute atomic E-state index is 13.1. The standard InChI is InChI=1S/C20H13Cl2N3O2S/c1-11-15(12-6-3-2-4-7-12)16-19(28-11)23-10-25(20(16)27)24-18(26)13-8-5-9-14(21)17(13)22/h2-10H,1H3,(H,24,26). The molecule has 0 aliphatic rings. The second-order valence-electron chi connectivity index (χ2n) is 6.04. The van der Waals surface area contributed by atoms with Crippen molar-refractivity contribution in [3.63, 3.8) is 0 Å². The van der Waals surface area contributed by atoms with Gasteiger partial charge in [0.05, 0.1) is 21.0 Å². The summed E-state index contributed by atoms with van der Waals surface area (Å²) in [7, 11) is 0. The summed E-state index contributed by atoms with van der Waals surface area (Å²) in [6.07, 6.45) is 1.30. The summed E-state index contributed by atoms with van der Waals surface area (Å²) < 4.78 is 1.07. The van der Waals surface area contributed by atoms with E-state index in [0.29, 0.717) is 10.2 Å². The fourth-order valence-electron chi connectivity index (χ4n) is 2.98. The molecule has 140 valence electrons. The summed E-state index contributed by atoms with van der Waals surface area (Å²) in [5, 5.41) is 0.851. The number of aromatic nitrogens is 2. The van der Waals surface area contributed by atoms with E-state index < -0.39 is 5.91 Å². The minimum absolute atomic E-state index is 0.125. The van der Waals surface area contributed by atoms with Gasteiger partial charge in [-0.05, 0) is 24.6 Å². The Morgan fingerprint density at radius 3 is 2.61 bits per heavy atom. The average molecular weight is 430 g/mol. The van der Waals surface area contributed by atoms with E-state index in [1.54, 1.807) is 12.1 Å². The number of halogens is 2. The summed E-state index contributed by atoms with van der Waals surface area (Å²) in [5.74, 6) is -0.552. The number of thiophene rings is 1. The first-order chi connectivity index (χ1) is 13.5. The van der Waals surface area contributed by atoms with Crippen LogP contribution in [0.1, 0.15) is 15.2 Å². The Balaban J connectivity index is 1.81. The summed E-state index contributed by atoms with van der Waals surface area (Å²) in [5.41, 5.74) is 4.09. The normalized spacial score (nSPS) is 11.0. The number of aryl methyl sites for hydroxylation is 1. The lowest BCUT2D eigenvalue weighted by molar-refractivity contribution is 0.101. The Bertz CT molecular complexity index is 1270. The van der Waals surface area contributed by atoms with Gasteiger partial charge in [0, 0.05) is 10.4 Å². The number of rotatable bonds is 3. The number of amides is 1. The van der Waals surface area contributed by atoms with Gasteiger partial charge in [0.1, 0.15) is 11.2 Å². The lowest BCUT2D eigenvalue weighted by Gasteiger charge is -2.10. The lowest BCUT2D eigenvalue weighted by atomic mass is 10.0. The van der Waals surface area contributed by atoms with Crippen molar-refractivity contribution >= 4 is 50.7 Å². The van der Waals surface area contributed by atoms with Crippen molar-refractivity contribution in [2.24, 2.45) is 0 Å². The molecule has 28 heavy (non-hydrogen) atoms. The van der Waals surface area contributed by atoms with Crippen LogP contribution in [-0.2, 0) is 0 Å². The van der Waals surface area contributed by atoms with Crippen LogP contribution >= 0.6 is 34.5 Å². The van der Waals surface area contributed by atoms with Gasteiger partial charge in [0.15, 0.2) is 0 Å². The molecule has 5 nitrogen and oxygen atoms in total. The summed E-state index contributed by atoms with van der Waals surface area (Å²) in [6.45, 7) is 1.95. The summed E-state index contributed by atoms with van der Waals surface area (Å²) >= 11 is 13.5. The SMILES string of the molecule is Cc1sc2ncn(NC(=O)c3cccc(Cl)c3Cl)c(=O)c2c1-c1ccccc1. The zero-order chi connectivity index (χ0) is 19.8. The Hall–Kier alpha value is -2.67.